The third-order valence-electron chi connectivity index (χ3n) is 2.39. The summed E-state index contributed by atoms with van der Waals surface area (Å²) >= 11 is 0. The summed E-state index contributed by atoms with van der Waals surface area (Å²) in [4.78, 5) is 26.8. The zero-order chi connectivity index (χ0) is 12.1. The van der Waals surface area contributed by atoms with Crippen LogP contribution < -0.4 is 0 Å². The first-order valence-corrected chi connectivity index (χ1v) is 5.50. The van der Waals surface area contributed by atoms with Gasteiger partial charge in [-0.3, -0.25) is 14.6 Å². The van der Waals surface area contributed by atoms with E-state index < -0.39 is 0 Å². The molecule has 0 atom stereocenters. The van der Waals surface area contributed by atoms with Crippen LogP contribution in [0.3, 0.4) is 0 Å². The van der Waals surface area contributed by atoms with Crippen molar-refractivity contribution < 1.29 is 19.1 Å². The Hall–Kier alpha value is -1.91. The van der Waals surface area contributed by atoms with Crippen LogP contribution in [0.4, 0.5) is 0 Å². The molecule has 1 aromatic rings. The van der Waals surface area contributed by atoms with Crippen molar-refractivity contribution in [1.82, 2.24) is 4.98 Å². The van der Waals surface area contributed by atoms with Crippen LogP contribution in [-0.2, 0) is 32.3 Å². The van der Waals surface area contributed by atoms with Gasteiger partial charge in [-0.1, -0.05) is 6.07 Å². The Balaban J connectivity index is 2.12. The van der Waals surface area contributed by atoms with E-state index in [4.69, 9.17) is 9.47 Å². The Bertz CT molecular complexity index is 395. The molecule has 0 N–H and O–H groups in total. The van der Waals surface area contributed by atoms with Crippen molar-refractivity contribution in [2.75, 3.05) is 0 Å². The summed E-state index contributed by atoms with van der Waals surface area (Å²) in [5, 5.41) is 0. The number of hydrogen-bond donors (Lipinski definition) is 0. The van der Waals surface area contributed by atoms with Gasteiger partial charge in [0.2, 0.25) is 0 Å². The largest absolute Gasteiger partial charge is 0.459 e. The molecule has 0 fully saturated rings. The van der Waals surface area contributed by atoms with E-state index in [1.165, 1.54) is 0 Å². The minimum atomic E-state index is -0.314. The van der Waals surface area contributed by atoms with Crippen LogP contribution in [-0.4, -0.2) is 16.9 Å². The quantitative estimate of drug-likeness (QED) is 0.635. The number of rotatable bonds is 0. The molecule has 0 aromatic carbocycles. The van der Waals surface area contributed by atoms with E-state index in [9.17, 15) is 9.59 Å². The molecule has 2 heterocycles. The molecule has 17 heavy (non-hydrogen) atoms. The van der Waals surface area contributed by atoms with Gasteiger partial charge >= 0.3 is 11.9 Å². The lowest BCUT2D eigenvalue weighted by Gasteiger charge is -2.09. The number of carbonyl (C=O) groups excluding carboxylic acids is 2. The number of esters is 2. The molecule has 1 aliphatic rings. The monoisotopic (exact) mass is 235 g/mol. The van der Waals surface area contributed by atoms with Gasteiger partial charge in [-0.15, -0.1) is 0 Å². The van der Waals surface area contributed by atoms with Crippen LogP contribution in [0, 0.1) is 0 Å². The molecule has 0 radical (unpaired) electrons. The molecule has 90 valence electrons. The molecule has 2 bridgehead atoms. The second-order valence-corrected chi connectivity index (χ2v) is 3.80. The number of carbonyl (C=O) groups is 2. The standard InChI is InChI=1S/C12H13NO4/c14-11-5-2-6-12(15)17-8-10-4-1-3-9(13-10)7-16-11/h1,3-4H,2,5-8H2. The normalized spacial score (nSPS) is 17.4. The van der Waals surface area contributed by atoms with Crippen LogP contribution in [0.25, 0.3) is 0 Å². The number of aromatic nitrogens is 1. The zero-order valence-electron chi connectivity index (χ0n) is 9.35. The lowest BCUT2D eigenvalue weighted by Crippen LogP contribution is -2.11. The fraction of sp³-hybridized carbons (Fsp3) is 0.417. The average molecular weight is 235 g/mol. The van der Waals surface area contributed by atoms with Crippen molar-refractivity contribution in [3.8, 4) is 0 Å². The predicted octanol–water partition coefficient (Wildman–Crippen LogP) is 1.35. The number of nitrogens with zero attached hydrogens (tertiary/aromatic N) is 1. The highest BCUT2D eigenvalue weighted by atomic mass is 16.5. The Morgan fingerprint density at radius 1 is 0.941 bits per heavy atom. The molecule has 1 aromatic heterocycles. The predicted molar refractivity (Wildman–Crippen MR) is 57.7 cm³/mol. The van der Waals surface area contributed by atoms with Crippen molar-refractivity contribution in [3.63, 3.8) is 0 Å². The van der Waals surface area contributed by atoms with Crippen molar-refractivity contribution in [3.05, 3.63) is 29.6 Å². The van der Waals surface area contributed by atoms with Gasteiger partial charge in [0.05, 0.1) is 11.4 Å². The number of hydrogen-bond acceptors (Lipinski definition) is 5. The number of cyclic esters (lactones) is 2. The van der Waals surface area contributed by atoms with Gasteiger partial charge < -0.3 is 9.47 Å². The highest BCUT2D eigenvalue weighted by Gasteiger charge is 2.10. The first-order valence-electron chi connectivity index (χ1n) is 5.50. The molecule has 5 heteroatoms. The third-order valence-corrected chi connectivity index (χ3v) is 2.39. The Morgan fingerprint density at radius 3 is 2.00 bits per heavy atom. The highest BCUT2D eigenvalue weighted by molar-refractivity contribution is 5.72. The van der Waals surface area contributed by atoms with E-state index in [1.54, 1.807) is 18.2 Å². The first kappa shape index (κ1) is 11.6. The Kier molecular flexibility index (Phi) is 3.69. The molecular weight excluding hydrogens is 222 g/mol. The van der Waals surface area contributed by atoms with Crippen molar-refractivity contribution >= 4 is 11.9 Å². The maximum absolute atomic E-state index is 11.3. The smallest absolute Gasteiger partial charge is 0.306 e. The summed E-state index contributed by atoms with van der Waals surface area (Å²) in [5.74, 6) is -0.629. The Labute approximate surface area is 98.7 Å². The van der Waals surface area contributed by atoms with E-state index in [2.05, 4.69) is 4.98 Å². The van der Waals surface area contributed by atoms with Crippen LogP contribution in [0.1, 0.15) is 30.7 Å². The first-order chi connectivity index (χ1) is 8.24. The second kappa shape index (κ2) is 5.43. The van der Waals surface area contributed by atoms with Gasteiger partial charge in [0.1, 0.15) is 13.2 Å². The summed E-state index contributed by atoms with van der Waals surface area (Å²) in [6.45, 7) is 0.335. The van der Waals surface area contributed by atoms with Gasteiger partial charge in [-0.2, -0.15) is 0 Å². The molecule has 0 saturated heterocycles. The van der Waals surface area contributed by atoms with E-state index in [0.717, 1.165) is 0 Å². The molecule has 2 rings (SSSR count). The van der Waals surface area contributed by atoms with E-state index in [-0.39, 0.29) is 38.0 Å². The minimum Gasteiger partial charge on any atom is -0.459 e. The fourth-order valence-corrected chi connectivity index (χ4v) is 1.52. The summed E-state index contributed by atoms with van der Waals surface area (Å²) in [6.07, 6.45) is 0.919. The average Bonchev–Trinajstić information content (AvgIpc) is 2.33. The molecule has 5 nitrogen and oxygen atoms in total. The molecule has 0 saturated carbocycles. The van der Waals surface area contributed by atoms with Gasteiger partial charge in [0, 0.05) is 12.8 Å². The fourth-order valence-electron chi connectivity index (χ4n) is 1.52. The number of ether oxygens (including phenoxy) is 2. The van der Waals surface area contributed by atoms with Crippen LogP contribution in [0.15, 0.2) is 18.2 Å². The summed E-state index contributed by atoms with van der Waals surface area (Å²) in [5.41, 5.74) is 1.32. The molecule has 1 aliphatic heterocycles. The van der Waals surface area contributed by atoms with Crippen molar-refractivity contribution in [1.29, 1.82) is 0 Å². The second-order valence-electron chi connectivity index (χ2n) is 3.80. The lowest BCUT2D eigenvalue weighted by atomic mass is 10.2. The molecule has 0 amide bonds. The maximum Gasteiger partial charge on any atom is 0.306 e. The molecular formula is C12H13NO4. The minimum absolute atomic E-state index is 0.167. The van der Waals surface area contributed by atoms with E-state index in [0.29, 0.717) is 17.8 Å². The summed E-state index contributed by atoms with van der Waals surface area (Å²) in [7, 11) is 0. The van der Waals surface area contributed by atoms with Crippen LogP contribution >= 0.6 is 0 Å². The van der Waals surface area contributed by atoms with Crippen molar-refractivity contribution in [2.45, 2.75) is 32.5 Å². The van der Waals surface area contributed by atoms with Crippen molar-refractivity contribution in [2.24, 2.45) is 0 Å². The van der Waals surface area contributed by atoms with Crippen LogP contribution in [0.5, 0.6) is 0 Å². The molecule has 0 unspecified atom stereocenters. The summed E-state index contributed by atoms with van der Waals surface area (Å²) in [6, 6.07) is 5.33. The van der Waals surface area contributed by atoms with Gasteiger partial charge in [0.15, 0.2) is 0 Å². The van der Waals surface area contributed by atoms with Gasteiger partial charge in [-0.05, 0) is 18.6 Å². The van der Waals surface area contributed by atoms with E-state index in [1.807, 2.05) is 0 Å². The summed E-state index contributed by atoms with van der Waals surface area (Å²) < 4.78 is 10.1. The van der Waals surface area contributed by atoms with E-state index >= 15 is 0 Å². The topological polar surface area (TPSA) is 65.5 Å². The Morgan fingerprint density at radius 2 is 1.47 bits per heavy atom. The highest BCUT2D eigenvalue weighted by Crippen LogP contribution is 2.08. The van der Waals surface area contributed by atoms with Crippen LogP contribution in [0.2, 0.25) is 0 Å². The number of fused-ring (bicyclic) bond motifs is 2. The lowest BCUT2D eigenvalue weighted by molar-refractivity contribution is -0.147. The molecule has 0 spiro atoms. The number of pyridine rings is 1. The molecule has 0 aliphatic carbocycles. The maximum atomic E-state index is 11.3. The van der Waals surface area contributed by atoms with Gasteiger partial charge in [-0.25, -0.2) is 0 Å². The zero-order valence-corrected chi connectivity index (χ0v) is 9.35. The van der Waals surface area contributed by atoms with Gasteiger partial charge in [0.25, 0.3) is 0 Å². The SMILES string of the molecule is O=C1CCCC(=O)OCc2cccc(n2)CO1. The third kappa shape index (κ3) is 3.55.